The largest absolute Gasteiger partial charge is 0.385 e. The van der Waals surface area contributed by atoms with Crippen LogP contribution in [0.4, 0.5) is 5.69 Å². The van der Waals surface area contributed by atoms with Gasteiger partial charge in [-0.3, -0.25) is 0 Å². The molecule has 1 aromatic carbocycles. The number of anilines is 1. The van der Waals surface area contributed by atoms with E-state index >= 15 is 0 Å². The van der Waals surface area contributed by atoms with E-state index in [4.69, 9.17) is 0 Å². The van der Waals surface area contributed by atoms with E-state index in [0.29, 0.717) is 26.1 Å². The Morgan fingerprint density at radius 3 is 2.05 bits per heavy atom. The van der Waals surface area contributed by atoms with Crippen LogP contribution in [-0.2, 0) is 19.9 Å². The van der Waals surface area contributed by atoms with Crippen molar-refractivity contribution < 1.29 is 16.8 Å². The summed E-state index contributed by atoms with van der Waals surface area (Å²) < 4.78 is 46.9. The number of benzene rings is 1. The highest BCUT2D eigenvalue weighted by molar-refractivity contribution is 7.90. The van der Waals surface area contributed by atoms with E-state index in [0.717, 1.165) is 5.69 Å². The van der Waals surface area contributed by atoms with E-state index in [1.54, 1.807) is 31.2 Å². The second-order valence-electron chi connectivity index (χ2n) is 4.83. The molecule has 0 fully saturated rings. The zero-order chi connectivity index (χ0) is 16.1. The molecule has 21 heavy (non-hydrogen) atoms. The molecule has 1 rings (SSSR count). The lowest BCUT2D eigenvalue weighted by Crippen LogP contribution is -2.31. The monoisotopic (exact) mass is 334 g/mol. The second kappa shape index (κ2) is 7.24. The summed E-state index contributed by atoms with van der Waals surface area (Å²) in [4.78, 5) is 0.280. The maximum absolute atomic E-state index is 11.4. The normalized spacial score (nSPS) is 12.6. The SMILES string of the molecule is CCN(CCCNc1ccc(S(C)(=O)=O)cc1)S(C)(=O)=O. The number of nitrogens with one attached hydrogen (secondary N) is 1. The van der Waals surface area contributed by atoms with Crippen LogP contribution in [0.1, 0.15) is 13.3 Å². The Bertz CT molecular complexity index is 652. The third-order valence-corrected chi connectivity index (χ3v) is 5.52. The summed E-state index contributed by atoms with van der Waals surface area (Å²) in [5.41, 5.74) is 0.810. The van der Waals surface area contributed by atoms with E-state index in [9.17, 15) is 16.8 Å². The molecule has 8 heteroatoms. The Kier molecular flexibility index (Phi) is 6.18. The maximum atomic E-state index is 11.4. The molecule has 0 aliphatic carbocycles. The van der Waals surface area contributed by atoms with Gasteiger partial charge < -0.3 is 5.32 Å². The van der Waals surface area contributed by atoms with Crippen molar-refractivity contribution in [1.29, 1.82) is 0 Å². The van der Waals surface area contributed by atoms with E-state index < -0.39 is 19.9 Å². The van der Waals surface area contributed by atoms with Gasteiger partial charge in [0.25, 0.3) is 0 Å². The standard InChI is InChI=1S/C13H22N2O4S2/c1-4-15(21(3,18)19)11-5-10-14-12-6-8-13(9-7-12)20(2,16)17/h6-9,14H,4-5,10-11H2,1-3H3. The van der Waals surface area contributed by atoms with Gasteiger partial charge in [0.2, 0.25) is 10.0 Å². The molecular weight excluding hydrogens is 312 g/mol. The van der Waals surface area contributed by atoms with Crippen molar-refractivity contribution in [3.05, 3.63) is 24.3 Å². The first-order chi connectivity index (χ1) is 9.64. The van der Waals surface area contributed by atoms with Gasteiger partial charge in [0.15, 0.2) is 9.84 Å². The van der Waals surface area contributed by atoms with Crippen LogP contribution in [-0.4, -0.2) is 53.3 Å². The number of hydrogen-bond acceptors (Lipinski definition) is 5. The van der Waals surface area contributed by atoms with Gasteiger partial charge in [-0.25, -0.2) is 21.1 Å². The molecule has 0 saturated carbocycles. The molecule has 0 aromatic heterocycles. The fourth-order valence-electron chi connectivity index (χ4n) is 1.87. The third kappa shape index (κ3) is 6.03. The molecule has 0 heterocycles. The lowest BCUT2D eigenvalue weighted by Gasteiger charge is -2.17. The molecule has 0 unspecified atom stereocenters. The number of rotatable bonds is 8. The molecule has 0 bridgehead atoms. The molecule has 1 N–H and O–H groups in total. The molecule has 1 aromatic rings. The Morgan fingerprint density at radius 1 is 1.05 bits per heavy atom. The summed E-state index contributed by atoms with van der Waals surface area (Å²) in [6.45, 7) is 3.34. The summed E-state index contributed by atoms with van der Waals surface area (Å²) in [5, 5.41) is 3.14. The first kappa shape index (κ1) is 17.9. The average Bonchev–Trinajstić information content (AvgIpc) is 2.36. The molecule has 120 valence electrons. The van der Waals surface area contributed by atoms with E-state index in [2.05, 4.69) is 5.32 Å². The van der Waals surface area contributed by atoms with Crippen molar-refractivity contribution in [2.24, 2.45) is 0 Å². The zero-order valence-electron chi connectivity index (χ0n) is 12.5. The van der Waals surface area contributed by atoms with Crippen molar-refractivity contribution in [2.75, 3.05) is 37.5 Å². The van der Waals surface area contributed by atoms with Crippen LogP contribution in [0.3, 0.4) is 0 Å². The fraction of sp³-hybridized carbons (Fsp3) is 0.538. The molecular formula is C13H22N2O4S2. The summed E-state index contributed by atoms with van der Waals surface area (Å²) >= 11 is 0. The fourth-order valence-corrected chi connectivity index (χ4v) is 3.43. The topological polar surface area (TPSA) is 83.6 Å². The van der Waals surface area contributed by atoms with E-state index in [1.807, 2.05) is 0 Å². The predicted molar refractivity (Wildman–Crippen MR) is 84.7 cm³/mol. The minimum atomic E-state index is -3.18. The van der Waals surface area contributed by atoms with Gasteiger partial charge in [-0.2, -0.15) is 0 Å². The van der Waals surface area contributed by atoms with Crippen LogP contribution in [0.25, 0.3) is 0 Å². The van der Waals surface area contributed by atoms with Gasteiger partial charge in [-0.05, 0) is 30.7 Å². The predicted octanol–water partition coefficient (Wildman–Crippen LogP) is 1.17. The Balaban J connectivity index is 2.47. The quantitative estimate of drug-likeness (QED) is 0.722. The highest BCUT2D eigenvalue weighted by atomic mass is 32.2. The maximum Gasteiger partial charge on any atom is 0.211 e. The molecule has 6 nitrogen and oxygen atoms in total. The van der Waals surface area contributed by atoms with Crippen molar-refractivity contribution in [2.45, 2.75) is 18.2 Å². The third-order valence-electron chi connectivity index (χ3n) is 3.02. The van der Waals surface area contributed by atoms with Gasteiger partial charge in [-0.1, -0.05) is 6.92 Å². The minimum absolute atomic E-state index is 0.280. The molecule has 0 spiro atoms. The number of sulfonamides is 1. The average molecular weight is 334 g/mol. The first-order valence-corrected chi connectivity index (χ1v) is 10.4. The smallest absolute Gasteiger partial charge is 0.211 e. The second-order valence-corrected chi connectivity index (χ2v) is 8.83. The highest BCUT2D eigenvalue weighted by Crippen LogP contribution is 2.13. The number of hydrogen-bond donors (Lipinski definition) is 1. The summed E-state index contributed by atoms with van der Waals surface area (Å²) in [6.07, 6.45) is 3.04. The van der Waals surface area contributed by atoms with Crippen molar-refractivity contribution in [1.82, 2.24) is 4.31 Å². The molecule has 0 atom stereocenters. The van der Waals surface area contributed by atoms with Gasteiger partial charge in [-0.15, -0.1) is 0 Å². The van der Waals surface area contributed by atoms with Crippen LogP contribution in [0.15, 0.2) is 29.2 Å². The molecule has 0 saturated heterocycles. The molecule has 0 amide bonds. The van der Waals surface area contributed by atoms with Crippen LogP contribution in [0, 0.1) is 0 Å². The van der Waals surface area contributed by atoms with Crippen LogP contribution < -0.4 is 5.32 Å². The van der Waals surface area contributed by atoms with Gasteiger partial charge in [0.1, 0.15) is 0 Å². The Morgan fingerprint density at radius 2 is 1.62 bits per heavy atom. The van der Waals surface area contributed by atoms with Crippen LogP contribution in [0.2, 0.25) is 0 Å². The highest BCUT2D eigenvalue weighted by Gasteiger charge is 2.13. The first-order valence-electron chi connectivity index (χ1n) is 6.63. The van der Waals surface area contributed by atoms with Crippen LogP contribution >= 0.6 is 0 Å². The number of sulfone groups is 1. The van der Waals surface area contributed by atoms with Gasteiger partial charge in [0.05, 0.1) is 11.2 Å². The lowest BCUT2D eigenvalue weighted by atomic mass is 10.3. The molecule has 0 aliphatic rings. The van der Waals surface area contributed by atoms with Crippen molar-refractivity contribution >= 4 is 25.5 Å². The summed E-state index contributed by atoms with van der Waals surface area (Å²) in [7, 11) is -6.32. The van der Waals surface area contributed by atoms with Crippen molar-refractivity contribution in [3.63, 3.8) is 0 Å². The number of nitrogens with zero attached hydrogens (tertiary/aromatic N) is 1. The minimum Gasteiger partial charge on any atom is -0.385 e. The lowest BCUT2D eigenvalue weighted by molar-refractivity contribution is 0.429. The van der Waals surface area contributed by atoms with Gasteiger partial charge >= 0.3 is 0 Å². The van der Waals surface area contributed by atoms with E-state index in [-0.39, 0.29) is 4.90 Å². The van der Waals surface area contributed by atoms with Gasteiger partial charge in [0, 0.05) is 31.6 Å². The summed E-state index contributed by atoms with van der Waals surface area (Å²) in [5.74, 6) is 0. The molecule has 0 aliphatic heterocycles. The zero-order valence-corrected chi connectivity index (χ0v) is 14.2. The summed E-state index contributed by atoms with van der Waals surface area (Å²) in [6, 6.07) is 6.49. The Hall–Kier alpha value is -1.12. The van der Waals surface area contributed by atoms with E-state index in [1.165, 1.54) is 16.8 Å². The van der Waals surface area contributed by atoms with Crippen molar-refractivity contribution in [3.8, 4) is 0 Å². The Labute approximate surface area is 127 Å². The molecule has 0 radical (unpaired) electrons. The van der Waals surface area contributed by atoms with Crippen LogP contribution in [0.5, 0.6) is 0 Å².